The molecule has 0 aliphatic rings. The van der Waals surface area contributed by atoms with Crippen LogP contribution >= 0.6 is 0 Å². The zero-order chi connectivity index (χ0) is 15.9. The number of aromatic hydroxyl groups is 2. The molecule has 0 spiro atoms. The van der Waals surface area contributed by atoms with Crippen molar-refractivity contribution in [2.45, 2.75) is 18.9 Å². The lowest BCUT2D eigenvalue weighted by Crippen LogP contribution is -2.38. The van der Waals surface area contributed by atoms with Gasteiger partial charge in [-0.2, -0.15) is 5.06 Å². The minimum Gasteiger partial charge on any atom is -0.508 e. The van der Waals surface area contributed by atoms with Crippen LogP contribution in [0.15, 0.2) is 48.5 Å². The van der Waals surface area contributed by atoms with Gasteiger partial charge in [0.2, 0.25) is 0 Å². The third-order valence-electron chi connectivity index (χ3n) is 3.64. The van der Waals surface area contributed by atoms with Gasteiger partial charge in [0, 0.05) is 6.54 Å². The van der Waals surface area contributed by atoms with Crippen molar-refractivity contribution in [1.82, 2.24) is 5.06 Å². The number of hydrogen-bond acceptors (Lipinski definition) is 5. The zero-order valence-corrected chi connectivity index (χ0v) is 12.3. The highest BCUT2D eigenvalue weighted by molar-refractivity contribution is 5.32. The Morgan fingerprint density at radius 1 is 0.955 bits per heavy atom. The largest absolute Gasteiger partial charge is 0.508 e. The van der Waals surface area contributed by atoms with Gasteiger partial charge < -0.3 is 20.5 Å². The smallest absolute Gasteiger partial charge is 0.118 e. The van der Waals surface area contributed by atoms with Crippen molar-refractivity contribution < 1.29 is 20.5 Å². The lowest BCUT2D eigenvalue weighted by atomic mass is 10.1. The highest BCUT2D eigenvalue weighted by atomic mass is 16.5. The van der Waals surface area contributed by atoms with Gasteiger partial charge >= 0.3 is 0 Å². The van der Waals surface area contributed by atoms with E-state index in [1.54, 1.807) is 42.5 Å². The summed E-state index contributed by atoms with van der Waals surface area (Å²) in [5, 5.41) is 39.6. The van der Waals surface area contributed by atoms with Crippen LogP contribution in [0.2, 0.25) is 0 Å². The summed E-state index contributed by atoms with van der Waals surface area (Å²) in [7, 11) is 0. The monoisotopic (exact) mass is 303 g/mol. The van der Waals surface area contributed by atoms with Crippen molar-refractivity contribution in [3.05, 3.63) is 59.7 Å². The second kappa shape index (κ2) is 7.79. The maximum atomic E-state index is 10.1. The first-order valence-corrected chi connectivity index (χ1v) is 7.21. The molecule has 0 fully saturated rings. The summed E-state index contributed by atoms with van der Waals surface area (Å²) in [4.78, 5) is 0. The molecule has 0 heterocycles. The van der Waals surface area contributed by atoms with Crippen molar-refractivity contribution in [2.24, 2.45) is 0 Å². The lowest BCUT2D eigenvalue weighted by molar-refractivity contribution is -0.136. The molecule has 5 heteroatoms. The second-order valence-electron chi connectivity index (χ2n) is 5.25. The van der Waals surface area contributed by atoms with E-state index in [0.717, 1.165) is 16.2 Å². The summed E-state index contributed by atoms with van der Waals surface area (Å²) in [6.07, 6.45) is 0.948. The number of aliphatic hydroxyl groups excluding tert-OH is 1. The molecular formula is C17H21NO4. The van der Waals surface area contributed by atoms with Crippen molar-refractivity contribution in [2.75, 3.05) is 13.2 Å². The average molecular weight is 303 g/mol. The van der Waals surface area contributed by atoms with Crippen LogP contribution in [-0.2, 0) is 12.8 Å². The fraction of sp³-hybridized carbons (Fsp3) is 0.294. The van der Waals surface area contributed by atoms with E-state index in [-0.39, 0.29) is 18.1 Å². The summed E-state index contributed by atoms with van der Waals surface area (Å²) in [5.41, 5.74) is 1.67. The van der Waals surface area contributed by atoms with E-state index >= 15 is 0 Å². The normalized spacial score (nSPS) is 12.5. The summed E-state index contributed by atoms with van der Waals surface area (Å²) in [6.45, 7) is 0.124. The van der Waals surface area contributed by atoms with E-state index in [1.165, 1.54) is 0 Å². The van der Waals surface area contributed by atoms with E-state index in [9.17, 15) is 20.5 Å². The van der Waals surface area contributed by atoms with Crippen LogP contribution in [-0.4, -0.2) is 44.8 Å². The van der Waals surface area contributed by atoms with Gasteiger partial charge in [-0.15, -0.1) is 0 Å². The molecule has 0 aliphatic carbocycles. The van der Waals surface area contributed by atoms with Crippen molar-refractivity contribution in [1.29, 1.82) is 0 Å². The molecule has 0 radical (unpaired) electrons. The SMILES string of the molecule is OC[C@H](Cc1ccc(O)cc1)N(O)CCc1ccccc1O. The molecular weight excluding hydrogens is 282 g/mol. The first-order chi connectivity index (χ1) is 10.6. The summed E-state index contributed by atoms with van der Waals surface area (Å²) in [5.74, 6) is 0.389. The van der Waals surface area contributed by atoms with E-state index in [4.69, 9.17) is 0 Å². The van der Waals surface area contributed by atoms with Crippen LogP contribution in [0.5, 0.6) is 11.5 Å². The van der Waals surface area contributed by atoms with Gasteiger partial charge in [-0.3, -0.25) is 0 Å². The van der Waals surface area contributed by atoms with Crippen molar-refractivity contribution >= 4 is 0 Å². The number of phenols is 2. The van der Waals surface area contributed by atoms with E-state index in [0.29, 0.717) is 19.4 Å². The van der Waals surface area contributed by atoms with Crippen LogP contribution in [0.3, 0.4) is 0 Å². The standard InChI is InChI=1S/C17H21NO4/c19-12-15(11-13-5-7-16(20)8-6-13)18(22)10-9-14-3-1-2-4-17(14)21/h1-8,15,19-22H,9-12H2/t15-/m0/s1. The predicted molar refractivity (Wildman–Crippen MR) is 83.0 cm³/mol. The Bertz CT molecular complexity index is 585. The predicted octanol–water partition coefficient (Wildman–Crippen LogP) is 1.94. The van der Waals surface area contributed by atoms with E-state index < -0.39 is 6.04 Å². The van der Waals surface area contributed by atoms with Gasteiger partial charge in [-0.25, -0.2) is 0 Å². The van der Waals surface area contributed by atoms with Crippen molar-refractivity contribution in [3.63, 3.8) is 0 Å². The maximum absolute atomic E-state index is 10.1. The number of para-hydroxylation sites is 1. The van der Waals surface area contributed by atoms with E-state index in [1.807, 2.05) is 6.07 Å². The van der Waals surface area contributed by atoms with Crippen LogP contribution < -0.4 is 0 Å². The van der Waals surface area contributed by atoms with Gasteiger partial charge in [-0.05, 0) is 42.2 Å². The minimum atomic E-state index is -0.435. The van der Waals surface area contributed by atoms with Crippen LogP contribution in [0.4, 0.5) is 0 Å². The number of phenolic OH excluding ortho intramolecular Hbond substituents is 2. The fourth-order valence-electron chi connectivity index (χ4n) is 2.31. The van der Waals surface area contributed by atoms with E-state index in [2.05, 4.69) is 0 Å². The Hall–Kier alpha value is -2.08. The lowest BCUT2D eigenvalue weighted by Gasteiger charge is -2.24. The molecule has 0 aliphatic heterocycles. The first-order valence-electron chi connectivity index (χ1n) is 7.21. The molecule has 2 rings (SSSR count). The number of nitrogens with zero attached hydrogens (tertiary/aromatic N) is 1. The topological polar surface area (TPSA) is 84.2 Å². The summed E-state index contributed by atoms with van der Waals surface area (Å²) < 4.78 is 0. The molecule has 0 saturated heterocycles. The Balaban J connectivity index is 1.92. The minimum absolute atomic E-state index is 0.182. The first kappa shape index (κ1) is 16.3. The van der Waals surface area contributed by atoms with Gasteiger partial charge in [0.25, 0.3) is 0 Å². The Kier molecular flexibility index (Phi) is 5.77. The van der Waals surface area contributed by atoms with Gasteiger partial charge in [0.15, 0.2) is 0 Å². The van der Waals surface area contributed by atoms with Crippen LogP contribution in [0.1, 0.15) is 11.1 Å². The molecule has 0 unspecified atom stereocenters. The highest BCUT2D eigenvalue weighted by Crippen LogP contribution is 2.17. The molecule has 2 aromatic rings. The number of rotatable bonds is 7. The third-order valence-corrected chi connectivity index (χ3v) is 3.64. The highest BCUT2D eigenvalue weighted by Gasteiger charge is 2.17. The molecule has 0 amide bonds. The number of aliphatic hydroxyl groups is 1. The number of benzene rings is 2. The molecule has 0 aromatic heterocycles. The van der Waals surface area contributed by atoms with Crippen LogP contribution in [0, 0.1) is 0 Å². The molecule has 0 saturated carbocycles. The molecule has 118 valence electrons. The fourth-order valence-corrected chi connectivity index (χ4v) is 2.31. The molecule has 2 aromatic carbocycles. The Labute approximate surface area is 129 Å². The molecule has 1 atom stereocenters. The number of hydrogen-bond donors (Lipinski definition) is 4. The van der Waals surface area contributed by atoms with Crippen LogP contribution in [0.25, 0.3) is 0 Å². The number of hydroxylamine groups is 2. The molecule has 22 heavy (non-hydrogen) atoms. The zero-order valence-electron chi connectivity index (χ0n) is 12.3. The Morgan fingerprint density at radius 2 is 1.64 bits per heavy atom. The van der Waals surface area contributed by atoms with Crippen molar-refractivity contribution in [3.8, 4) is 11.5 Å². The average Bonchev–Trinajstić information content (AvgIpc) is 2.53. The van der Waals surface area contributed by atoms with Gasteiger partial charge in [-0.1, -0.05) is 30.3 Å². The summed E-state index contributed by atoms with van der Waals surface area (Å²) in [6, 6.07) is 13.2. The molecule has 5 nitrogen and oxygen atoms in total. The third kappa shape index (κ3) is 4.46. The second-order valence-corrected chi connectivity index (χ2v) is 5.25. The molecule has 0 bridgehead atoms. The van der Waals surface area contributed by atoms with Gasteiger partial charge in [0.1, 0.15) is 11.5 Å². The van der Waals surface area contributed by atoms with Gasteiger partial charge in [0.05, 0.1) is 12.6 Å². The molecule has 4 N–H and O–H groups in total. The Morgan fingerprint density at radius 3 is 2.27 bits per heavy atom. The quantitative estimate of drug-likeness (QED) is 0.587. The summed E-state index contributed by atoms with van der Waals surface area (Å²) >= 11 is 0. The maximum Gasteiger partial charge on any atom is 0.118 e.